The van der Waals surface area contributed by atoms with Crippen LogP contribution in [-0.2, 0) is 4.79 Å². The zero-order valence-electron chi connectivity index (χ0n) is 13.2. The smallest absolute Gasteiger partial charge is 0.264 e. The van der Waals surface area contributed by atoms with Crippen LogP contribution in [0.15, 0.2) is 24.3 Å². The van der Waals surface area contributed by atoms with Gasteiger partial charge in [0.1, 0.15) is 5.75 Å². The molecule has 2 aromatic rings. The van der Waals surface area contributed by atoms with E-state index in [-0.39, 0.29) is 12.5 Å². The van der Waals surface area contributed by atoms with E-state index >= 15 is 0 Å². The van der Waals surface area contributed by atoms with Gasteiger partial charge in [0, 0.05) is 13.1 Å². The van der Waals surface area contributed by atoms with Crippen molar-refractivity contribution < 1.29 is 9.53 Å². The van der Waals surface area contributed by atoms with Crippen LogP contribution < -0.4 is 15.0 Å². The van der Waals surface area contributed by atoms with Gasteiger partial charge in [0.15, 0.2) is 6.61 Å². The number of carbonyl (C=O) groups is 1. The number of carbonyl (C=O) groups excluding carboxylic acids is 1. The molecule has 1 aliphatic rings. The maximum Gasteiger partial charge on any atom is 0.264 e. The van der Waals surface area contributed by atoms with Gasteiger partial charge in [-0.3, -0.25) is 10.1 Å². The number of hydrogen-bond donors (Lipinski definition) is 2. The van der Waals surface area contributed by atoms with E-state index in [9.17, 15) is 4.79 Å². The molecule has 124 valence electrons. The average molecular weight is 326 g/mol. The molecule has 8 heteroatoms. The van der Waals surface area contributed by atoms with Gasteiger partial charge in [-0.25, -0.2) is 5.10 Å². The van der Waals surface area contributed by atoms with Crippen LogP contribution in [0.5, 0.6) is 5.75 Å². The van der Waals surface area contributed by atoms with Gasteiger partial charge in [-0.1, -0.05) is 0 Å². The summed E-state index contributed by atoms with van der Waals surface area (Å²) in [4.78, 5) is 18.3. The summed E-state index contributed by atoms with van der Waals surface area (Å²) < 4.78 is 5.37. The van der Waals surface area contributed by atoms with Crippen molar-refractivity contribution in [1.82, 2.24) is 15.2 Å². The van der Waals surface area contributed by atoms with Gasteiger partial charge in [0.2, 0.25) is 11.9 Å². The van der Waals surface area contributed by atoms with E-state index < -0.39 is 0 Å². The number of benzene rings is 1. The maximum absolute atomic E-state index is 11.9. The van der Waals surface area contributed by atoms with E-state index in [1.807, 2.05) is 6.07 Å². The van der Waals surface area contributed by atoms with Crippen LogP contribution in [0.1, 0.15) is 24.8 Å². The molecular formula is C16H18N6O2. The molecule has 1 aromatic heterocycles. The molecule has 1 aliphatic heterocycles. The highest BCUT2D eigenvalue weighted by atomic mass is 16.5. The Kier molecular flexibility index (Phi) is 4.91. The highest BCUT2D eigenvalue weighted by Gasteiger charge is 2.16. The molecular weight excluding hydrogens is 308 g/mol. The Morgan fingerprint density at radius 2 is 2.04 bits per heavy atom. The van der Waals surface area contributed by atoms with Crippen molar-refractivity contribution in [3.63, 3.8) is 0 Å². The molecule has 1 saturated heterocycles. The van der Waals surface area contributed by atoms with Crippen molar-refractivity contribution >= 4 is 17.8 Å². The van der Waals surface area contributed by atoms with Crippen LogP contribution in [0.2, 0.25) is 0 Å². The summed E-state index contributed by atoms with van der Waals surface area (Å²) in [5.41, 5.74) is 0.540. The minimum Gasteiger partial charge on any atom is -0.484 e. The van der Waals surface area contributed by atoms with Crippen LogP contribution in [0.3, 0.4) is 0 Å². The molecule has 1 aromatic carbocycles. The minimum absolute atomic E-state index is 0.147. The number of amides is 1. The predicted octanol–water partition coefficient (Wildman–Crippen LogP) is 1.68. The zero-order chi connectivity index (χ0) is 16.8. The molecule has 0 bridgehead atoms. The summed E-state index contributed by atoms with van der Waals surface area (Å²) in [7, 11) is 0. The summed E-state index contributed by atoms with van der Waals surface area (Å²) in [5.74, 6) is 1.11. The van der Waals surface area contributed by atoms with E-state index in [0.717, 1.165) is 25.9 Å². The number of anilines is 2. The first kappa shape index (κ1) is 15.8. The molecule has 0 unspecified atom stereocenters. The third-order valence-corrected chi connectivity index (χ3v) is 3.72. The van der Waals surface area contributed by atoms with Gasteiger partial charge in [0.05, 0.1) is 11.6 Å². The van der Waals surface area contributed by atoms with Crippen molar-refractivity contribution in [1.29, 1.82) is 5.26 Å². The molecule has 1 fully saturated rings. The van der Waals surface area contributed by atoms with Gasteiger partial charge in [-0.2, -0.15) is 10.2 Å². The van der Waals surface area contributed by atoms with E-state index in [1.165, 1.54) is 6.42 Å². The largest absolute Gasteiger partial charge is 0.484 e. The van der Waals surface area contributed by atoms with E-state index in [0.29, 0.717) is 23.2 Å². The lowest BCUT2D eigenvalue weighted by Crippen LogP contribution is -2.30. The number of aromatic nitrogens is 3. The second-order valence-electron chi connectivity index (χ2n) is 5.50. The molecule has 2 N–H and O–H groups in total. The fourth-order valence-electron chi connectivity index (χ4n) is 2.49. The molecule has 0 atom stereocenters. The van der Waals surface area contributed by atoms with Crippen LogP contribution >= 0.6 is 0 Å². The lowest BCUT2D eigenvalue weighted by Gasteiger charge is -2.24. The van der Waals surface area contributed by atoms with Gasteiger partial charge in [-0.15, -0.1) is 5.10 Å². The molecule has 3 rings (SSSR count). The molecule has 24 heavy (non-hydrogen) atoms. The van der Waals surface area contributed by atoms with E-state index in [4.69, 9.17) is 10.00 Å². The van der Waals surface area contributed by atoms with Crippen LogP contribution in [0.4, 0.5) is 11.9 Å². The highest BCUT2D eigenvalue weighted by molar-refractivity contribution is 5.90. The van der Waals surface area contributed by atoms with Crippen molar-refractivity contribution in [2.75, 3.05) is 29.9 Å². The number of nitrogens with zero attached hydrogens (tertiary/aromatic N) is 4. The molecule has 0 aliphatic carbocycles. The van der Waals surface area contributed by atoms with Crippen molar-refractivity contribution in [2.45, 2.75) is 19.3 Å². The second-order valence-corrected chi connectivity index (χ2v) is 5.50. The molecule has 1 amide bonds. The Morgan fingerprint density at radius 1 is 1.29 bits per heavy atom. The number of ether oxygens (including phenoxy) is 1. The summed E-state index contributed by atoms with van der Waals surface area (Å²) >= 11 is 0. The van der Waals surface area contributed by atoms with E-state index in [2.05, 4.69) is 25.4 Å². The third kappa shape index (κ3) is 4.01. The third-order valence-electron chi connectivity index (χ3n) is 3.72. The van der Waals surface area contributed by atoms with Gasteiger partial charge in [-0.05, 0) is 43.5 Å². The number of hydrogen-bond acceptors (Lipinski definition) is 6. The fraction of sp³-hybridized carbons (Fsp3) is 0.375. The summed E-state index contributed by atoms with van der Waals surface area (Å²) in [5, 5.41) is 18.2. The van der Waals surface area contributed by atoms with Gasteiger partial charge < -0.3 is 9.64 Å². The standard InChI is InChI=1S/C16H18N6O2/c17-10-12-4-6-13(7-5-12)24-11-14(23)18-15-19-16(21-20-15)22-8-2-1-3-9-22/h4-7H,1-3,8-9,11H2,(H2,18,19,20,21,23). The molecule has 2 heterocycles. The van der Waals surface area contributed by atoms with Crippen molar-refractivity contribution in [2.24, 2.45) is 0 Å². The Morgan fingerprint density at radius 3 is 2.75 bits per heavy atom. The predicted molar refractivity (Wildman–Crippen MR) is 87.7 cm³/mol. The van der Waals surface area contributed by atoms with Crippen molar-refractivity contribution in [3.8, 4) is 11.8 Å². The summed E-state index contributed by atoms with van der Waals surface area (Å²) in [6, 6.07) is 8.59. The Bertz CT molecular complexity index is 728. The highest BCUT2D eigenvalue weighted by Crippen LogP contribution is 2.16. The number of aromatic amines is 1. The fourth-order valence-corrected chi connectivity index (χ4v) is 2.49. The second kappa shape index (κ2) is 7.46. The van der Waals surface area contributed by atoms with Gasteiger partial charge in [0.25, 0.3) is 5.91 Å². The molecule has 0 spiro atoms. The SMILES string of the molecule is N#Cc1ccc(OCC(=O)Nc2nc(N3CCCCC3)n[nH]2)cc1. The van der Waals surface area contributed by atoms with Crippen LogP contribution in [0, 0.1) is 11.3 Å². The lowest BCUT2D eigenvalue weighted by molar-refractivity contribution is -0.118. The Balaban J connectivity index is 1.49. The maximum atomic E-state index is 11.9. The molecule has 0 saturated carbocycles. The Labute approximate surface area is 139 Å². The average Bonchev–Trinajstić information content (AvgIpc) is 3.09. The normalized spacial score (nSPS) is 14.0. The number of piperidine rings is 1. The number of nitriles is 1. The number of rotatable bonds is 5. The van der Waals surface area contributed by atoms with Crippen LogP contribution in [-0.4, -0.2) is 40.8 Å². The number of nitrogens with one attached hydrogen (secondary N) is 2. The topological polar surface area (TPSA) is 107 Å². The lowest BCUT2D eigenvalue weighted by atomic mass is 10.1. The first-order valence-corrected chi connectivity index (χ1v) is 7.85. The summed E-state index contributed by atoms with van der Waals surface area (Å²) in [6.07, 6.45) is 3.50. The summed E-state index contributed by atoms with van der Waals surface area (Å²) in [6.45, 7) is 1.73. The van der Waals surface area contributed by atoms with Gasteiger partial charge >= 0.3 is 0 Å². The molecule has 8 nitrogen and oxygen atoms in total. The first-order valence-electron chi connectivity index (χ1n) is 7.85. The molecule has 0 radical (unpaired) electrons. The first-order chi connectivity index (χ1) is 11.7. The minimum atomic E-state index is -0.333. The van der Waals surface area contributed by atoms with Crippen molar-refractivity contribution in [3.05, 3.63) is 29.8 Å². The van der Waals surface area contributed by atoms with E-state index in [1.54, 1.807) is 24.3 Å². The Hall–Kier alpha value is -3.08. The zero-order valence-corrected chi connectivity index (χ0v) is 13.2. The quantitative estimate of drug-likeness (QED) is 0.866. The number of H-pyrrole nitrogens is 1. The van der Waals surface area contributed by atoms with Crippen LogP contribution in [0.25, 0.3) is 0 Å². The monoisotopic (exact) mass is 326 g/mol.